The lowest BCUT2D eigenvalue weighted by Gasteiger charge is -2.16. The highest BCUT2D eigenvalue weighted by Crippen LogP contribution is 2.23. The first-order valence-electron chi connectivity index (χ1n) is 4.94. The molecule has 4 nitrogen and oxygen atoms in total. The highest BCUT2D eigenvalue weighted by Gasteiger charge is 2.29. The van der Waals surface area contributed by atoms with E-state index in [0.717, 1.165) is 22.2 Å². The average molecular weight is 325 g/mol. The zero-order valence-electron chi connectivity index (χ0n) is 8.81. The fourth-order valence-corrected chi connectivity index (χ4v) is 3.97. The largest absolute Gasteiger partial charge is 0.279 e. The second-order valence-electron chi connectivity index (χ2n) is 3.88. The third kappa shape index (κ3) is 3.27. The summed E-state index contributed by atoms with van der Waals surface area (Å²) >= 11 is 4.90. The lowest BCUT2D eigenvalue weighted by molar-refractivity contribution is 0.457. The van der Waals surface area contributed by atoms with E-state index in [1.807, 2.05) is 11.4 Å². The van der Waals surface area contributed by atoms with Gasteiger partial charge in [-0.2, -0.15) is 17.4 Å². The van der Waals surface area contributed by atoms with Crippen molar-refractivity contribution in [2.24, 2.45) is 0 Å². The average Bonchev–Trinajstić information content (AvgIpc) is 2.88. The first kappa shape index (κ1) is 12.5. The Kier molecular flexibility index (Phi) is 3.70. The van der Waals surface area contributed by atoms with Crippen molar-refractivity contribution in [3.8, 4) is 0 Å². The van der Waals surface area contributed by atoms with Crippen molar-refractivity contribution in [3.63, 3.8) is 0 Å². The van der Waals surface area contributed by atoms with Gasteiger partial charge < -0.3 is 0 Å². The fourth-order valence-electron chi connectivity index (χ4n) is 1.24. The standard InChI is InChI=1S/C9H13BrN2O2S2/c1-12(5-9-4-7(10)6-15-9)16(13,14)11-8-2-3-8/h4,6,8,11H,2-3,5H2,1H3. The molecular formula is C9H13BrN2O2S2. The predicted molar refractivity (Wildman–Crippen MR) is 68.6 cm³/mol. The maximum Gasteiger partial charge on any atom is 0.279 e. The number of thiophene rings is 1. The van der Waals surface area contributed by atoms with Crippen molar-refractivity contribution >= 4 is 37.5 Å². The monoisotopic (exact) mass is 324 g/mol. The Morgan fingerprint density at radius 2 is 2.31 bits per heavy atom. The molecule has 1 aliphatic rings. The summed E-state index contributed by atoms with van der Waals surface area (Å²) in [6, 6.07) is 2.09. The fraction of sp³-hybridized carbons (Fsp3) is 0.556. The summed E-state index contributed by atoms with van der Waals surface area (Å²) in [5, 5.41) is 1.95. The highest BCUT2D eigenvalue weighted by atomic mass is 79.9. The van der Waals surface area contributed by atoms with Crippen molar-refractivity contribution in [3.05, 3.63) is 20.8 Å². The van der Waals surface area contributed by atoms with E-state index in [2.05, 4.69) is 20.7 Å². The second kappa shape index (κ2) is 4.73. The van der Waals surface area contributed by atoms with Gasteiger partial charge in [-0.1, -0.05) is 0 Å². The van der Waals surface area contributed by atoms with Crippen LogP contribution in [0.15, 0.2) is 15.9 Å². The minimum Gasteiger partial charge on any atom is -0.199 e. The Balaban J connectivity index is 1.98. The predicted octanol–water partition coefficient (Wildman–Crippen LogP) is 1.94. The molecule has 0 radical (unpaired) electrons. The van der Waals surface area contributed by atoms with Crippen LogP contribution in [0.2, 0.25) is 0 Å². The number of rotatable bonds is 5. The maximum atomic E-state index is 11.8. The van der Waals surface area contributed by atoms with Gasteiger partial charge >= 0.3 is 0 Å². The summed E-state index contributed by atoms with van der Waals surface area (Å²) in [7, 11) is -1.72. The third-order valence-corrected chi connectivity index (χ3v) is 5.57. The Bertz CT molecular complexity index is 468. The number of halogens is 1. The van der Waals surface area contributed by atoms with E-state index in [0.29, 0.717) is 6.54 Å². The summed E-state index contributed by atoms with van der Waals surface area (Å²) in [5.41, 5.74) is 0. The van der Waals surface area contributed by atoms with Crippen LogP contribution < -0.4 is 4.72 Å². The Morgan fingerprint density at radius 1 is 1.62 bits per heavy atom. The molecule has 0 bridgehead atoms. The third-order valence-electron chi connectivity index (χ3n) is 2.30. The molecule has 2 rings (SSSR count). The van der Waals surface area contributed by atoms with Gasteiger partial charge in [0, 0.05) is 34.4 Å². The Labute approximate surface area is 108 Å². The molecule has 1 fully saturated rings. The van der Waals surface area contributed by atoms with Crippen LogP contribution in [0.25, 0.3) is 0 Å². The van der Waals surface area contributed by atoms with Crippen LogP contribution in [0.1, 0.15) is 17.7 Å². The summed E-state index contributed by atoms with van der Waals surface area (Å²) < 4.78 is 28.6. The molecule has 1 aliphatic carbocycles. The molecule has 1 saturated carbocycles. The molecule has 90 valence electrons. The van der Waals surface area contributed by atoms with Crippen molar-refractivity contribution in [2.75, 3.05) is 7.05 Å². The molecule has 0 amide bonds. The lowest BCUT2D eigenvalue weighted by atomic mass is 10.5. The van der Waals surface area contributed by atoms with Crippen LogP contribution in [0.3, 0.4) is 0 Å². The van der Waals surface area contributed by atoms with E-state index in [1.165, 1.54) is 4.31 Å². The minimum absolute atomic E-state index is 0.155. The van der Waals surface area contributed by atoms with Crippen LogP contribution >= 0.6 is 27.3 Å². The summed E-state index contributed by atoms with van der Waals surface area (Å²) in [4.78, 5) is 1.02. The Morgan fingerprint density at radius 3 is 2.81 bits per heavy atom. The van der Waals surface area contributed by atoms with E-state index in [-0.39, 0.29) is 6.04 Å². The number of hydrogen-bond donors (Lipinski definition) is 1. The quantitative estimate of drug-likeness (QED) is 0.899. The van der Waals surface area contributed by atoms with Gasteiger partial charge in [-0.15, -0.1) is 11.3 Å². The molecule has 7 heteroatoms. The van der Waals surface area contributed by atoms with Crippen LogP contribution in [0, 0.1) is 0 Å². The molecule has 0 spiro atoms. The smallest absolute Gasteiger partial charge is 0.199 e. The van der Waals surface area contributed by atoms with Crippen molar-refractivity contribution in [1.29, 1.82) is 0 Å². The van der Waals surface area contributed by atoms with E-state index < -0.39 is 10.2 Å². The van der Waals surface area contributed by atoms with Gasteiger partial charge in [-0.3, -0.25) is 0 Å². The van der Waals surface area contributed by atoms with Gasteiger partial charge in [-0.05, 0) is 34.8 Å². The van der Waals surface area contributed by atoms with E-state index in [9.17, 15) is 8.42 Å². The van der Waals surface area contributed by atoms with Crippen LogP contribution in [-0.4, -0.2) is 25.8 Å². The van der Waals surface area contributed by atoms with E-state index in [4.69, 9.17) is 0 Å². The molecule has 0 aromatic carbocycles. The summed E-state index contributed by atoms with van der Waals surface area (Å²) in [5.74, 6) is 0. The lowest BCUT2D eigenvalue weighted by Crippen LogP contribution is -2.38. The molecule has 0 unspecified atom stereocenters. The molecule has 1 aromatic heterocycles. The molecule has 0 atom stereocenters. The van der Waals surface area contributed by atoms with Crippen molar-refractivity contribution in [2.45, 2.75) is 25.4 Å². The van der Waals surface area contributed by atoms with Gasteiger partial charge in [0.2, 0.25) is 0 Å². The topological polar surface area (TPSA) is 49.4 Å². The number of nitrogens with one attached hydrogen (secondary N) is 1. The molecule has 0 aliphatic heterocycles. The van der Waals surface area contributed by atoms with E-state index >= 15 is 0 Å². The summed E-state index contributed by atoms with van der Waals surface area (Å²) in [6.45, 7) is 0.415. The zero-order valence-corrected chi connectivity index (χ0v) is 12.0. The minimum atomic E-state index is -3.31. The molecule has 1 aromatic rings. The van der Waals surface area contributed by atoms with Crippen molar-refractivity contribution < 1.29 is 8.42 Å². The van der Waals surface area contributed by atoms with Crippen LogP contribution in [0.4, 0.5) is 0 Å². The normalized spacial score (nSPS) is 16.9. The van der Waals surface area contributed by atoms with Gasteiger partial charge in [-0.25, -0.2) is 0 Å². The SMILES string of the molecule is CN(Cc1cc(Br)cs1)S(=O)(=O)NC1CC1. The second-order valence-corrected chi connectivity index (χ2v) is 7.61. The molecule has 1 N–H and O–H groups in total. The number of nitrogens with zero attached hydrogens (tertiary/aromatic N) is 1. The number of hydrogen-bond acceptors (Lipinski definition) is 3. The first-order valence-corrected chi connectivity index (χ1v) is 8.05. The van der Waals surface area contributed by atoms with Crippen molar-refractivity contribution in [1.82, 2.24) is 9.03 Å². The van der Waals surface area contributed by atoms with Gasteiger partial charge in [0.05, 0.1) is 0 Å². The van der Waals surface area contributed by atoms with Crippen LogP contribution in [0.5, 0.6) is 0 Å². The van der Waals surface area contributed by atoms with Gasteiger partial charge in [0.15, 0.2) is 0 Å². The van der Waals surface area contributed by atoms with Gasteiger partial charge in [0.1, 0.15) is 0 Å². The summed E-state index contributed by atoms with van der Waals surface area (Å²) in [6.07, 6.45) is 1.91. The highest BCUT2D eigenvalue weighted by molar-refractivity contribution is 9.10. The maximum absolute atomic E-state index is 11.8. The first-order chi connectivity index (χ1) is 7.47. The molecule has 0 saturated heterocycles. The van der Waals surface area contributed by atoms with Gasteiger partial charge in [0.25, 0.3) is 10.2 Å². The zero-order chi connectivity index (χ0) is 11.8. The molecular weight excluding hydrogens is 312 g/mol. The molecule has 16 heavy (non-hydrogen) atoms. The van der Waals surface area contributed by atoms with E-state index in [1.54, 1.807) is 18.4 Å². The van der Waals surface area contributed by atoms with Crippen LogP contribution in [-0.2, 0) is 16.8 Å². The Hall–Kier alpha value is 0.0500. The molecule has 1 heterocycles.